The van der Waals surface area contributed by atoms with Crippen LogP contribution in [0.3, 0.4) is 0 Å². The third kappa shape index (κ3) is 2.76. The summed E-state index contributed by atoms with van der Waals surface area (Å²) < 4.78 is 1.76. The molecule has 0 aliphatic carbocycles. The maximum Gasteiger partial charge on any atom is 0.307 e. The number of rotatable bonds is 4. The highest BCUT2D eigenvalue weighted by Gasteiger charge is 2.20. The first-order valence-electron chi connectivity index (χ1n) is 5.69. The van der Waals surface area contributed by atoms with Crippen molar-refractivity contribution in [3.63, 3.8) is 0 Å². The van der Waals surface area contributed by atoms with E-state index in [1.807, 2.05) is 7.05 Å². The highest BCUT2D eigenvalue weighted by atomic mass is 32.1. The van der Waals surface area contributed by atoms with Crippen molar-refractivity contribution >= 4 is 17.3 Å². The van der Waals surface area contributed by atoms with Gasteiger partial charge in [0.2, 0.25) is 0 Å². The lowest BCUT2D eigenvalue weighted by molar-refractivity contribution is -0.137. The third-order valence-corrected chi connectivity index (χ3v) is 4.00. The van der Waals surface area contributed by atoms with E-state index in [2.05, 4.69) is 4.90 Å². The maximum atomic E-state index is 11.8. The van der Waals surface area contributed by atoms with Crippen LogP contribution in [0.1, 0.15) is 23.4 Å². The van der Waals surface area contributed by atoms with Crippen molar-refractivity contribution < 1.29 is 9.90 Å². The zero-order valence-electron chi connectivity index (χ0n) is 9.81. The van der Waals surface area contributed by atoms with Crippen LogP contribution < -0.4 is 4.87 Å². The van der Waals surface area contributed by atoms with Crippen LogP contribution in [0.4, 0.5) is 0 Å². The van der Waals surface area contributed by atoms with Crippen molar-refractivity contribution in [2.45, 2.75) is 32.4 Å². The van der Waals surface area contributed by atoms with Crippen LogP contribution in [-0.2, 0) is 24.3 Å². The number of fused-ring (bicyclic) bond motifs is 1. The molecule has 0 saturated heterocycles. The van der Waals surface area contributed by atoms with Crippen LogP contribution in [0.15, 0.2) is 4.79 Å². The summed E-state index contributed by atoms with van der Waals surface area (Å²) in [4.78, 5) is 25.6. The molecule has 0 radical (unpaired) electrons. The van der Waals surface area contributed by atoms with Gasteiger partial charge in [-0.1, -0.05) is 11.3 Å². The molecule has 0 bridgehead atoms. The monoisotopic (exact) mass is 256 g/mol. The number of carboxylic acids is 1. The summed E-state index contributed by atoms with van der Waals surface area (Å²) in [7, 11) is 2.04. The Labute approximate surface area is 103 Å². The van der Waals surface area contributed by atoms with Crippen molar-refractivity contribution in [3.05, 3.63) is 20.2 Å². The first-order chi connectivity index (χ1) is 8.08. The number of aliphatic carboxylic acids is 1. The number of carbonyl (C=O) groups is 1. The van der Waals surface area contributed by atoms with E-state index in [-0.39, 0.29) is 11.3 Å². The predicted octanol–water partition coefficient (Wildman–Crippen LogP) is 0.762. The van der Waals surface area contributed by atoms with Crippen molar-refractivity contribution in [2.24, 2.45) is 0 Å². The molecule has 0 saturated carbocycles. The van der Waals surface area contributed by atoms with E-state index in [4.69, 9.17) is 5.11 Å². The topological polar surface area (TPSA) is 62.5 Å². The summed E-state index contributed by atoms with van der Waals surface area (Å²) in [6, 6.07) is 0. The molecule has 2 heterocycles. The summed E-state index contributed by atoms with van der Waals surface area (Å²) in [5.74, 6) is -0.804. The molecule has 1 N–H and O–H groups in total. The molecule has 5 nitrogen and oxygen atoms in total. The van der Waals surface area contributed by atoms with E-state index in [9.17, 15) is 9.59 Å². The number of likely N-dealkylation sites (N-methyl/N-ethyl adjacent to an activating group) is 1. The van der Waals surface area contributed by atoms with Gasteiger partial charge in [-0.25, -0.2) is 0 Å². The lowest BCUT2D eigenvalue weighted by Crippen LogP contribution is -2.28. The minimum atomic E-state index is -0.804. The Kier molecular flexibility index (Phi) is 3.63. The Morgan fingerprint density at radius 2 is 2.29 bits per heavy atom. The van der Waals surface area contributed by atoms with Gasteiger partial charge in [-0.2, -0.15) is 0 Å². The Morgan fingerprint density at radius 1 is 1.53 bits per heavy atom. The second-order valence-corrected chi connectivity index (χ2v) is 5.42. The van der Waals surface area contributed by atoms with E-state index in [1.165, 1.54) is 11.3 Å². The van der Waals surface area contributed by atoms with E-state index in [1.54, 1.807) is 4.57 Å². The van der Waals surface area contributed by atoms with Gasteiger partial charge in [0.25, 0.3) is 0 Å². The Hall–Kier alpha value is -1.14. The van der Waals surface area contributed by atoms with Crippen molar-refractivity contribution in [1.82, 2.24) is 9.47 Å². The van der Waals surface area contributed by atoms with Gasteiger partial charge in [-0.3, -0.25) is 9.59 Å². The zero-order valence-corrected chi connectivity index (χ0v) is 10.6. The quantitative estimate of drug-likeness (QED) is 0.864. The molecule has 2 rings (SSSR count). The van der Waals surface area contributed by atoms with Crippen LogP contribution in [0.2, 0.25) is 0 Å². The lowest BCUT2D eigenvalue weighted by Gasteiger charge is -2.22. The van der Waals surface area contributed by atoms with Gasteiger partial charge in [-0.15, -0.1) is 0 Å². The van der Waals surface area contributed by atoms with Gasteiger partial charge < -0.3 is 14.6 Å². The smallest absolute Gasteiger partial charge is 0.307 e. The van der Waals surface area contributed by atoms with Crippen LogP contribution in [-0.4, -0.2) is 34.1 Å². The van der Waals surface area contributed by atoms with Crippen LogP contribution in [0, 0.1) is 0 Å². The van der Waals surface area contributed by atoms with E-state index in [0.29, 0.717) is 13.0 Å². The second kappa shape index (κ2) is 5.01. The molecule has 0 unspecified atom stereocenters. The first-order valence-corrected chi connectivity index (χ1v) is 6.51. The summed E-state index contributed by atoms with van der Waals surface area (Å²) in [5.41, 5.74) is 1.11. The lowest BCUT2D eigenvalue weighted by atomic mass is 10.2. The SMILES string of the molecule is CN1CCc2c(sc(=O)n2CCCC(=O)O)C1. The summed E-state index contributed by atoms with van der Waals surface area (Å²) in [6.45, 7) is 2.32. The standard InChI is InChI=1S/C11H16N2O3S/c1-12-6-4-8-9(7-12)17-11(16)13(8)5-2-3-10(14)15/h2-7H2,1H3,(H,14,15). The van der Waals surface area contributed by atoms with Gasteiger partial charge in [0, 0.05) is 43.0 Å². The predicted molar refractivity (Wildman–Crippen MR) is 65.5 cm³/mol. The first kappa shape index (κ1) is 12.3. The highest BCUT2D eigenvalue weighted by Crippen LogP contribution is 2.20. The highest BCUT2D eigenvalue weighted by molar-refractivity contribution is 7.09. The number of carboxylic acid groups (broad SMARTS) is 1. The normalized spacial score (nSPS) is 15.8. The average molecular weight is 256 g/mol. The van der Waals surface area contributed by atoms with E-state index >= 15 is 0 Å². The molecule has 0 aromatic carbocycles. The summed E-state index contributed by atoms with van der Waals surface area (Å²) in [5, 5.41) is 8.59. The average Bonchev–Trinajstić information content (AvgIpc) is 2.54. The summed E-state index contributed by atoms with van der Waals surface area (Å²) >= 11 is 1.30. The third-order valence-electron chi connectivity index (χ3n) is 2.99. The van der Waals surface area contributed by atoms with Crippen molar-refractivity contribution in [1.29, 1.82) is 0 Å². The minimum absolute atomic E-state index is 0.0516. The van der Waals surface area contributed by atoms with Crippen molar-refractivity contribution in [3.8, 4) is 0 Å². The fourth-order valence-corrected chi connectivity index (χ4v) is 3.25. The molecule has 1 aromatic rings. The van der Waals surface area contributed by atoms with Crippen LogP contribution >= 0.6 is 11.3 Å². The maximum absolute atomic E-state index is 11.8. The second-order valence-electron chi connectivity index (χ2n) is 4.37. The van der Waals surface area contributed by atoms with Gasteiger partial charge >= 0.3 is 10.8 Å². The fourth-order valence-electron chi connectivity index (χ4n) is 2.11. The molecule has 0 fully saturated rings. The van der Waals surface area contributed by atoms with Crippen LogP contribution in [0.25, 0.3) is 0 Å². The largest absolute Gasteiger partial charge is 0.481 e. The van der Waals surface area contributed by atoms with Gasteiger partial charge in [0.1, 0.15) is 0 Å². The zero-order chi connectivity index (χ0) is 12.4. The number of aromatic nitrogens is 1. The molecular weight excluding hydrogens is 240 g/mol. The Balaban J connectivity index is 2.12. The minimum Gasteiger partial charge on any atom is -0.481 e. The fraction of sp³-hybridized carbons (Fsp3) is 0.636. The molecule has 17 heavy (non-hydrogen) atoms. The Morgan fingerprint density at radius 3 is 3.00 bits per heavy atom. The molecule has 1 aliphatic heterocycles. The van der Waals surface area contributed by atoms with E-state index in [0.717, 1.165) is 30.1 Å². The van der Waals surface area contributed by atoms with Gasteiger partial charge in [-0.05, 0) is 13.5 Å². The molecule has 94 valence electrons. The van der Waals surface area contributed by atoms with Crippen LogP contribution in [0.5, 0.6) is 0 Å². The molecule has 1 aliphatic rings. The molecule has 0 spiro atoms. The van der Waals surface area contributed by atoms with Crippen molar-refractivity contribution in [2.75, 3.05) is 13.6 Å². The molecule has 1 aromatic heterocycles. The number of nitrogens with zero attached hydrogens (tertiary/aromatic N) is 2. The number of hydrogen-bond donors (Lipinski definition) is 1. The number of thiazole rings is 1. The van der Waals surface area contributed by atoms with Gasteiger partial charge in [0.15, 0.2) is 0 Å². The van der Waals surface area contributed by atoms with E-state index < -0.39 is 5.97 Å². The van der Waals surface area contributed by atoms with Gasteiger partial charge in [0.05, 0.1) is 0 Å². The molecule has 0 amide bonds. The summed E-state index contributed by atoms with van der Waals surface area (Å²) in [6.07, 6.45) is 1.53. The number of hydrogen-bond acceptors (Lipinski definition) is 4. The Bertz CT molecular complexity index is 478. The molecule has 0 atom stereocenters. The molecular formula is C11H16N2O3S. The molecule has 6 heteroatoms.